The van der Waals surface area contributed by atoms with E-state index >= 15 is 0 Å². The number of pyridine rings is 1. The summed E-state index contributed by atoms with van der Waals surface area (Å²) in [5, 5.41) is 1.28. The maximum atomic E-state index is 5.35. The molecular formula is C19H20BrNO2. The number of benzene rings is 2. The van der Waals surface area contributed by atoms with Crippen LogP contribution in [0.25, 0.3) is 10.9 Å². The number of aryl methyl sites for hydroxylation is 1. The molecule has 3 rings (SSSR count). The van der Waals surface area contributed by atoms with Gasteiger partial charge in [0.25, 0.3) is 0 Å². The molecule has 0 aliphatic heterocycles. The number of aromatic nitrogens is 1. The van der Waals surface area contributed by atoms with E-state index in [1.54, 1.807) is 14.2 Å². The molecule has 0 amide bonds. The van der Waals surface area contributed by atoms with Crippen molar-refractivity contribution in [3.63, 3.8) is 0 Å². The molecule has 0 saturated heterocycles. The lowest BCUT2D eigenvalue weighted by Crippen LogP contribution is -3.00. The van der Waals surface area contributed by atoms with Crippen molar-refractivity contribution in [3.05, 3.63) is 65.9 Å². The van der Waals surface area contributed by atoms with Gasteiger partial charge in [-0.05, 0) is 30.7 Å². The van der Waals surface area contributed by atoms with E-state index in [0.29, 0.717) is 0 Å². The lowest BCUT2D eigenvalue weighted by Gasteiger charge is -2.08. The van der Waals surface area contributed by atoms with Crippen LogP contribution in [-0.2, 0) is 6.54 Å². The van der Waals surface area contributed by atoms with Gasteiger partial charge in [0.05, 0.1) is 14.2 Å². The molecule has 0 fully saturated rings. The van der Waals surface area contributed by atoms with Gasteiger partial charge in [0.15, 0.2) is 12.7 Å². The Morgan fingerprint density at radius 1 is 0.913 bits per heavy atom. The number of fused-ring (bicyclic) bond motifs is 1. The van der Waals surface area contributed by atoms with Crippen LogP contribution in [-0.4, -0.2) is 14.2 Å². The van der Waals surface area contributed by atoms with Crippen LogP contribution >= 0.6 is 0 Å². The third-order valence-electron chi connectivity index (χ3n) is 3.91. The summed E-state index contributed by atoms with van der Waals surface area (Å²) in [5.41, 5.74) is 3.66. The number of rotatable bonds is 4. The van der Waals surface area contributed by atoms with Crippen LogP contribution in [0.3, 0.4) is 0 Å². The molecule has 120 valence electrons. The summed E-state index contributed by atoms with van der Waals surface area (Å²) in [6.45, 7) is 2.91. The Kier molecular flexibility index (Phi) is 5.61. The molecule has 1 heterocycles. The fraction of sp³-hybridized carbons (Fsp3) is 0.211. The van der Waals surface area contributed by atoms with Gasteiger partial charge in [-0.3, -0.25) is 0 Å². The van der Waals surface area contributed by atoms with Gasteiger partial charge in [-0.2, -0.15) is 4.57 Å². The second-order valence-electron chi connectivity index (χ2n) is 5.36. The van der Waals surface area contributed by atoms with Crippen molar-refractivity contribution in [2.75, 3.05) is 14.2 Å². The highest BCUT2D eigenvalue weighted by molar-refractivity contribution is 5.78. The van der Waals surface area contributed by atoms with Gasteiger partial charge in [-0.15, -0.1) is 0 Å². The second-order valence-corrected chi connectivity index (χ2v) is 5.36. The number of halogens is 1. The Bertz CT molecular complexity index is 795. The van der Waals surface area contributed by atoms with Crippen LogP contribution in [0.5, 0.6) is 11.5 Å². The summed E-state index contributed by atoms with van der Waals surface area (Å²) in [7, 11) is 3.35. The number of para-hydroxylation sites is 1. The lowest BCUT2D eigenvalue weighted by atomic mass is 10.1. The quantitative estimate of drug-likeness (QED) is 0.621. The molecule has 0 N–H and O–H groups in total. The monoisotopic (exact) mass is 373 g/mol. The van der Waals surface area contributed by atoms with Crippen molar-refractivity contribution in [2.24, 2.45) is 0 Å². The molecule has 0 bridgehead atoms. The van der Waals surface area contributed by atoms with Gasteiger partial charge in [0.2, 0.25) is 5.52 Å². The highest BCUT2D eigenvalue weighted by Gasteiger charge is 2.12. The fourth-order valence-electron chi connectivity index (χ4n) is 2.72. The van der Waals surface area contributed by atoms with Crippen molar-refractivity contribution in [1.82, 2.24) is 0 Å². The Labute approximate surface area is 147 Å². The molecule has 1 aromatic heterocycles. The van der Waals surface area contributed by atoms with Crippen LogP contribution in [0.2, 0.25) is 0 Å². The summed E-state index contributed by atoms with van der Waals surface area (Å²) in [5.74, 6) is 1.62. The van der Waals surface area contributed by atoms with Gasteiger partial charge in [-0.25, -0.2) is 0 Å². The van der Waals surface area contributed by atoms with E-state index in [1.807, 2.05) is 18.2 Å². The van der Waals surface area contributed by atoms with Crippen LogP contribution in [0, 0.1) is 6.92 Å². The average Bonchev–Trinajstić information content (AvgIpc) is 2.57. The zero-order chi connectivity index (χ0) is 15.5. The van der Waals surface area contributed by atoms with Crippen LogP contribution in [0.4, 0.5) is 0 Å². The van der Waals surface area contributed by atoms with Crippen molar-refractivity contribution >= 4 is 10.9 Å². The van der Waals surface area contributed by atoms with Crippen molar-refractivity contribution < 1.29 is 31.0 Å². The summed E-state index contributed by atoms with van der Waals surface area (Å²) < 4.78 is 13.0. The van der Waals surface area contributed by atoms with Gasteiger partial charge < -0.3 is 26.5 Å². The minimum Gasteiger partial charge on any atom is -1.00 e. The highest BCUT2D eigenvalue weighted by atomic mass is 79.9. The Balaban J connectivity index is 0.00000192. The summed E-state index contributed by atoms with van der Waals surface area (Å²) in [4.78, 5) is 0. The third kappa shape index (κ3) is 3.64. The molecule has 0 atom stereocenters. The molecule has 0 saturated carbocycles. The smallest absolute Gasteiger partial charge is 0.213 e. The van der Waals surface area contributed by atoms with E-state index in [0.717, 1.165) is 23.6 Å². The first-order chi connectivity index (χ1) is 10.7. The molecule has 0 aliphatic carbocycles. The average molecular weight is 374 g/mol. The van der Waals surface area contributed by atoms with Crippen molar-refractivity contribution in [2.45, 2.75) is 13.5 Å². The summed E-state index contributed by atoms with van der Waals surface area (Å²) >= 11 is 0. The van der Waals surface area contributed by atoms with Gasteiger partial charge in [0.1, 0.15) is 11.5 Å². The van der Waals surface area contributed by atoms with Crippen LogP contribution in [0.1, 0.15) is 11.1 Å². The molecule has 3 aromatic rings. The molecule has 0 radical (unpaired) electrons. The van der Waals surface area contributed by atoms with E-state index in [1.165, 1.54) is 16.5 Å². The first kappa shape index (κ1) is 17.3. The largest absolute Gasteiger partial charge is 1.00 e. The van der Waals surface area contributed by atoms with Gasteiger partial charge in [-0.1, -0.05) is 12.1 Å². The summed E-state index contributed by atoms with van der Waals surface area (Å²) in [6.07, 6.45) is 2.13. The third-order valence-corrected chi connectivity index (χ3v) is 3.91. The molecule has 4 heteroatoms. The first-order valence-corrected chi connectivity index (χ1v) is 7.31. The zero-order valence-electron chi connectivity index (χ0n) is 13.5. The number of ether oxygens (including phenoxy) is 2. The van der Waals surface area contributed by atoms with Crippen molar-refractivity contribution in [3.8, 4) is 11.5 Å². The summed E-state index contributed by atoms with van der Waals surface area (Å²) in [6, 6.07) is 16.6. The molecule has 0 aliphatic rings. The number of hydrogen-bond acceptors (Lipinski definition) is 2. The van der Waals surface area contributed by atoms with Crippen molar-refractivity contribution in [1.29, 1.82) is 0 Å². The van der Waals surface area contributed by atoms with Gasteiger partial charge >= 0.3 is 0 Å². The lowest BCUT2D eigenvalue weighted by molar-refractivity contribution is -0.662. The predicted molar refractivity (Wildman–Crippen MR) is 87.5 cm³/mol. The zero-order valence-corrected chi connectivity index (χ0v) is 15.1. The fourth-order valence-corrected chi connectivity index (χ4v) is 2.72. The molecule has 3 nitrogen and oxygen atoms in total. The number of methoxy groups -OCH3 is 2. The molecule has 0 spiro atoms. The minimum absolute atomic E-state index is 0. The Morgan fingerprint density at radius 3 is 2.22 bits per heavy atom. The Hall–Kier alpha value is -2.07. The molecular weight excluding hydrogens is 354 g/mol. The molecule has 23 heavy (non-hydrogen) atoms. The minimum atomic E-state index is 0. The predicted octanol–water partition coefficient (Wildman–Crippen LogP) is 0.505. The van der Waals surface area contributed by atoms with E-state index in [2.05, 4.69) is 48.0 Å². The number of nitrogens with zero attached hydrogens (tertiary/aromatic N) is 1. The second kappa shape index (κ2) is 7.47. The van der Waals surface area contributed by atoms with E-state index in [4.69, 9.17) is 9.47 Å². The normalized spacial score (nSPS) is 10.2. The Morgan fingerprint density at radius 2 is 1.57 bits per heavy atom. The van der Waals surface area contributed by atoms with E-state index in [-0.39, 0.29) is 17.0 Å². The van der Waals surface area contributed by atoms with Gasteiger partial charge in [0, 0.05) is 29.1 Å². The van der Waals surface area contributed by atoms with Crippen LogP contribution < -0.4 is 31.0 Å². The van der Waals surface area contributed by atoms with E-state index in [9.17, 15) is 0 Å². The number of hydrogen-bond donors (Lipinski definition) is 0. The van der Waals surface area contributed by atoms with E-state index < -0.39 is 0 Å². The van der Waals surface area contributed by atoms with Crippen LogP contribution in [0.15, 0.2) is 54.7 Å². The highest BCUT2D eigenvalue weighted by Crippen LogP contribution is 2.23. The molecule has 0 unspecified atom stereocenters. The SMILES string of the molecule is COc1cc(C[n+]2ccc(C)c3ccccc32)cc(OC)c1.[Br-]. The standard InChI is InChI=1S/C19H20NO2.BrH/c1-14-8-9-20(19-7-5-4-6-18(14)19)13-15-10-16(21-2)12-17(11-15)22-3;/h4-12H,13H2,1-3H3;1H/q+1;/p-1. The molecule has 2 aromatic carbocycles. The maximum absolute atomic E-state index is 5.35. The first-order valence-electron chi connectivity index (χ1n) is 7.31. The maximum Gasteiger partial charge on any atom is 0.213 e. The topological polar surface area (TPSA) is 22.3 Å².